The maximum absolute atomic E-state index is 12.5. The third-order valence-corrected chi connectivity index (χ3v) is 4.54. The van der Waals surface area contributed by atoms with Crippen molar-refractivity contribution in [2.24, 2.45) is 5.92 Å². The van der Waals surface area contributed by atoms with E-state index in [0.717, 1.165) is 13.0 Å². The van der Waals surface area contributed by atoms with Crippen molar-refractivity contribution >= 4 is 28.2 Å². The van der Waals surface area contributed by atoms with Gasteiger partial charge in [0.25, 0.3) is 5.91 Å². The highest BCUT2D eigenvalue weighted by molar-refractivity contribution is 7.18. The van der Waals surface area contributed by atoms with Crippen molar-refractivity contribution in [3.8, 4) is 0 Å². The SMILES string of the molecule is CCCNc1nc(N)c(C(=O)N2CCC(O)C(C)C2)s1. The van der Waals surface area contributed by atoms with Crippen molar-refractivity contribution in [1.29, 1.82) is 0 Å². The summed E-state index contributed by atoms with van der Waals surface area (Å²) in [6.45, 7) is 5.97. The summed E-state index contributed by atoms with van der Waals surface area (Å²) in [5.74, 6) is 0.306. The number of likely N-dealkylation sites (tertiary alicyclic amines) is 1. The minimum Gasteiger partial charge on any atom is -0.393 e. The van der Waals surface area contributed by atoms with Gasteiger partial charge in [0.1, 0.15) is 10.7 Å². The van der Waals surface area contributed by atoms with Crippen molar-refractivity contribution in [1.82, 2.24) is 9.88 Å². The van der Waals surface area contributed by atoms with E-state index >= 15 is 0 Å². The van der Waals surface area contributed by atoms with Gasteiger partial charge in [-0.15, -0.1) is 0 Å². The summed E-state index contributed by atoms with van der Waals surface area (Å²) in [5.41, 5.74) is 5.85. The molecular weight excluding hydrogens is 276 g/mol. The van der Waals surface area contributed by atoms with Crippen molar-refractivity contribution in [3.63, 3.8) is 0 Å². The second-order valence-electron chi connectivity index (χ2n) is 5.24. The van der Waals surface area contributed by atoms with Gasteiger partial charge in [0.15, 0.2) is 5.13 Å². The number of nitrogens with two attached hydrogens (primary N) is 1. The molecular formula is C13H22N4O2S. The third kappa shape index (κ3) is 3.21. The van der Waals surface area contributed by atoms with Crippen LogP contribution in [0.1, 0.15) is 36.4 Å². The van der Waals surface area contributed by atoms with Gasteiger partial charge in [-0.3, -0.25) is 4.79 Å². The van der Waals surface area contributed by atoms with E-state index in [1.807, 2.05) is 6.92 Å². The molecule has 1 aromatic heterocycles. The second-order valence-corrected chi connectivity index (χ2v) is 6.24. The Bertz CT molecular complexity index is 477. The summed E-state index contributed by atoms with van der Waals surface area (Å²) < 4.78 is 0. The van der Waals surface area contributed by atoms with Crippen LogP contribution in [0.2, 0.25) is 0 Å². The van der Waals surface area contributed by atoms with Gasteiger partial charge in [0.2, 0.25) is 0 Å². The fraction of sp³-hybridized carbons (Fsp3) is 0.692. The third-order valence-electron chi connectivity index (χ3n) is 3.52. The number of aliphatic hydroxyl groups is 1. The number of amides is 1. The number of piperidine rings is 1. The summed E-state index contributed by atoms with van der Waals surface area (Å²) >= 11 is 1.30. The van der Waals surface area contributed by atoms with Gasteiger partial charge in [-0.1, -0.05) is 25.2 Å². The van der Waals surface area contributed by atoms with E-state index in [0.29, 0.717) is 29.5 Å². The second kappa shape index (κ2) is 6.41. The predicted molar refractivity (Wildman–Crippen MR) is 81.0 cm³/mol. The Morgan fingerprint density at radius 3 is 3.05 bits per heavy atom. The summed E-state index contributed by atoms with van der Waals surface area (Å²) in [4.78, 5) is 18.9. The first kappa shape index (κ1) is 15.1. The molecule has 0 radical (unpaired) electrons. The molecule has 1 aliphatic rings. The van der Waals surface area contributed by atoms with Gasteiger partial charge in [-0.05, 0) is 18.8 Å². The van der Waals surface area contributed by atoms with Gasteiger partial charge < -0.3 is 21.1 Å². The first-order valence-corrected chi connectivity index (χ1v) is 7.82. The minimum atomic E-state index is -0.320. The zero-order valence-corrected chi connectivity index (χ0v) is 12.7. The van der Waals surface area contributed by atoms with Gasteiger partial charge in [0.05, 0.1) is 6.10 Å². The Hall–Kier alpha value is -1.34. The van der Waals surface area contributed by atoms with E-state index < -0.39 is 0 Å². The van der Waals surface area contributed by atoms with Crippen LogP contribution >= 0.6 is 11.3 Å². The van der Waals surface area contributed by atoms with Crippen LogP contribution < -0.4 is 11.1 Å². The van der Waals surface area contributed by atoms with Crippen molar-refractivity contribution in [3.05, 3.63) is 4.88 Å². The van der Waals surface area contributed by atoms with Gasteiger partial charge in [0, 0.05) is 19.6 Å². The Balaban J connectivity index is 2.07. The lowest BCUT2D eigenvalue weighted by Gasteiger charge is -2.34. The molecule has 0 aromatic carbocycles. The number of hydrogen-bond acceptors (Lipinski definition) is 6. The van der Waals surface area contributed by atoms with Crippen LogP contribution in [0.25, 0.3) is 0 Å². The number of carbonyl (C=O) groups excluding carboxylic acids is 1. The molecule has 1 fully saturated rings. The van der Waals surface area contributed by atoms with Crippen LogP contribution in [0.5, 0.6) is 0 Å². The predicted octanol–water partition coefficient (Wildman–Crippen LogP) is 1.39. The number of rotatable bonds is 4. The van der Waals surface area contributed by atoms with Crippen LogP contribution in [0, 0.1) is 5.92 Å². The quantitative estimate of drug-likeness (QED) is 0.781. The monoisotopic (exact) mass is 298 g/mol. The molecule has 1 amide bonds. The van der Waals surface area contributed by atoms with Crippen molar-refractivity contribution < 1.29 is 9.90 Å². The topological polar surface area (TPSA) is 91.5 Å². The molecule has 4 N–H and O–H groups in total. The minimum absolute atomic E-state index is 0.0803. The number of aliphatic hydroxyl groups excluding tert-OH is 1. The average Bonchev–Trinajstić information content (AvgIpc) is 2.80. The molecule has 6 nitrogen and oxygen atoms in total. The summed E-state index contributed by atoms with van der Waals surface area (Å²) in [6, 6.07) is 0. The number of anilines is 2. The Morgan fingerprint density at radius 2 is 2.40 bits per heavy atom. The lowest BCUT2D eigenvalue weighted by atomic mass is 9.97. The molecule has 2 heterocycles. The summed E-state index contributed by atoms with van der Waals surface area (Å²) in [6.07, 6.45) is 1.29. The number of thiazole rings is 1. The van der Waals surface area contributed by atoms with Crippen LogP contribution in [0.4, 0.5) is 10.9 Å². The highest BCUT2D eigenvalue weighted by Crippen LogP contribution is 2.28. The van der Waals surface area contributed by atoms with Gasteiger partial charge in [-0.2, -0.15) is 0 Å². The smallest absolute Gasteiger partial charge is 0.267 e. The molecule has 2 atom stereocenters. The van der Waals surface area contributed by atoms with Crippen molar-refractivity contribution in [2.75, 3.05) is 30.7 Å². The first-order valence-electron chi connectivity index (χ1n) is 7.00. The molecule has 20 heavy (non-hydrogen) atoms. The Kier molecular flexibility index (Phi) is 4.82. The maximum Gasteiger partial charge on any atom is 0.267 e. The lowest BCUT2D eigenvalue weighted by Crippen LogP contribution is -2.44. The molecule has 2 unspecified atom stereocenters. The van der Waals surface area contributed by atoms with Gasteiger partial charge >= 0.3 is 0 Å². The van der Waals surface area contributed by atoms with Crippen LogP contribution in [-0.2, 0) is 0 Å². The normalized spacial score (nSPS) is 22.9. The molecule has 0 bridgehead atoms. The molecule has 2 rings (SSSR count). The molecule has 0 saturated carbocycles. The molecule has 0 aliphatic carbocycles. The summed E-state index contributed by atoms with van der Waals surface area (Å²) in [7, 11) is 0. The first-order chi connectivity index (χ1) is 9.52. The van der Waals surface area contributed by atoms with Gasteiger partial charge in [-0.25, -0.2) is 4.98 Å². The molecule has 1 aliphatic heterocycles. The average molecular weight is 298 g/mol. The van der Waals surface area contributed by atoms with E-state index in [1.165, 1.54) is 11.3 Å². The number of nitrogens with one attached hydrogen (secondary N) is 1. The Morgan fingerprint density at radius 1 is 1.65 bits per heavy atom. The number of nitrogen functional groups attached to an aromatic ring is 1. The highest BCUT2D eigenvalue weighted by Gasteiger charge is 2.29. The molecule has 1 aromatic rings. The van der Waals surface area contributed by atoms with Crippen molar-refractivity contribution in [2.45, 2.75) is 32.8 Å². The van der Waals surface area contributed by atoms with Crippen LogP contribution in [-0.4, -0.2) is 46.6 Å². The molecule has 0 spiro atoms. The number of nitrogens with zero attached hydrogens (tertiary/aromatic N) is 2. The van der Waals surface area contributed by atoms with E-state index in [4.69, 9.17) is 5.73 Å². The van der Waals surface area contributed by atoms with E-state index in [-0.39, 0.29) is 23.7 Å². The number of carbonyl (C=O) groups is 1. The summed E-state index contributed by atoms with van der Waals surface area (Å²) in [5, 5.41) is 13.6. The van der Waals surface area contributed by atoms with Crippen LogP contribution in [0.3, 0.4) is 0 Å². The Labute approximate surface area is 123 Å². The van der Waals surface area contributed by atoms with Crippen LogP contribution in [0.15, 0.2) is 0 Å². The lowest BCUT2D eigenvalue weighted by molar-refractivity contribution is 0.0301. The fourth-order valence-electron chi connectivity index (χ4n) is 2.25. The maximum atomic E-state index is 12.5. The number of aromatic nitrogens is 1. The van der Waals surface area contributed by atoms with E-state index in [9.17, 15) is 9.90 Å². The molecule has 1 saturated heterocycles. The zero-order chi connectivity index (χ0) is 14.7. The van der Waals surface area contributed by atoms with E-state index in [1.54, 1.807) is 4.90 Å². The molecule has 7 heteroatoms. The fourth-order valence-corrected chi connectivity index (χ4v) is 3.13. The zero-order valence-electron chi connectivity index (χ0n) is 11.9. The largest absolute Gasteiger partial charge is 0.393 e. The van der Waals surface area contributed by atoms with E-state index in [2.05, 4.69) is 17.2 Å². The highest BCUT2D eigenvalue weighted by atomic mass is 32.1. The standard InChI is InChI=1S/C13H22N4O2S/c1-3-5-15-13-16-11(14)10(20-13)12(19)17-6-4-9(18)8(2)7-17/h8-9,18H,3-7,14H2,1-2H3,(H,15,16). The number of hydrogen-bond donors (Lipinski definition) is 3. The molecule has 112 valence electrons.